The third-order valence-corrected chi connectivity index (χ3v) is 3.29. The average Bonchev–Trinajstić information content (AvgIpc) is 2.59. The van der Waals surface area contributed by atoms with Gasteiger partial charge >= 0.3 is 0 Å². The van der Waals surface area contributed by atoms with Crippen molar-refractivity contribution in [2.75, 3.05) is 26.2 Å². The van der Waals surface area contributed by atoms with Gasteiger partial charge in [-0.2, -0.15) is 0 Å². The molecule has 0 aliphatic carbocycles. The Bertz CT molecular complexity index is 124. The van der Waals surface area contributed by atoms with E-state index in [0.717, 1.165) is 11.8 Å². The third kappa shape index (κ3) is 2.20. The third-order valence-electron chi connectivity index (χ3n) is 3.29. The van der Waals surface area contributed by atoms with E-state index in [9.17, 15) is 0 Å². The maximum Gasteiger partial charge on any atom is -0.00199 e. The highest BCUT2D eigenvalue weighted by atomic mass is 14.9. The fraction of sp³-hybridized carbons (Fsp3) is 1.00. The van der Waals surface area contributed by atoms with E-state index in [0.29, 0.717) is 0 Å². The van der Waals surface area contributed by atoms with Crippen molar-refractivity contribution >= 4 is 0 Å². The summed E-state index contributed by atoms with van der Waals surface area (Å²) in [6, 6.07) is 0. The summed E-state index contributed by atoms with van der Waals surface area (Å²) in [5.74, 6) is 2.02. The lowest BCUT2D eigenvalue weighted by Gasteiger charge is -2.24. The van der Waals surface area contributed by atoms with Crippen molar-refractivity contribution in [3.63, 3.8) is 0 Å². The van der Waals surface area contributed by atoms with Crippen LogP contribution in [0.2, 0.25) is 0 Å². The molecule has 0 aromatic heterocycles. The van der Waals surface area contributed by atoms with E-state index in [1.165, 1.54) is 51.9 Å². The van der Waals surface area contributed by atoms with Crippen LogP contribution in [-0.2, 0) is 0 Å². The van der Waals surface area contributed by atoms with Crippen LogP contribution in [0.15, 0.2) is 0 Å². The molecule has 0 radical (unpaired) electrons. The summed E-state index contributed by atoms with van der Waals surface area (Å²) >= 11 is 0. The van der Waals surface area contributed by atoms with Crippen LogP contribution in [0.5, 0.6) is 0 Å². The van der Waals surface area contributed by atoms with Crippen molar-refractivity contribution in [1.82, 2.24) is 10.6 Å². The highest BCUT2D eigenvalue weighted by Gasteiger charge is 2.20. The van der Waals surface area contributed by atoms with Gasteiger partial charge in [0.05, 0.1) is 0 Å². The fourth-order valence-corrected chi connectivity index (χ4v) is 2.50. The summed E-state index contributed by atoms with van der Waals surface area (Å²) in [7, 11) is 0. The molecule has 12 heavy (non-hydrogen) atoms. The molecule has 2 rings (SSSR count). The first-order valence-corrected chi connectivity index (χ1v) is 5.36. The molecule has 0 amide bonds. The molecule has 2 fully saturated rings. The van der Waals surface area contributed by atoms with E-state index in [1.807, 2.05) is 0 Å². The molecular weight excluding hydrogens is 148 g/mol. The molecule has 2 aliphatic rings. The second-order valence-corrected chi connectivity index (χ2v) is 4.29. The van der Waals surface area contributed by atoms with E-state index >= 15 is 0 Å². The van der Waals surface area contributed by atoms with Crippen molar-refractivity contribution < 1.29 is 0 Å². The Morgan fingerprint density at radius 1 is 0.833 bits per heavy atom. The van der Waals surface area contributed by atoms with Crippen molar-refractivity contribution in [3.8, 4) is 0 Å². The summed E-state index contributed by atoms with van der Waals surface area (Å²) in [6.07, 6.45) is 5.73. The van der Waals surface area contributed by atoms with E-state index < -0.39 is 0 Å². The molecule has 0 saturated carbocycles. The highest BCUT2D eigenvalue weighted by Crippen LogP contribution is 2.24. The molecule has 1 atom stereocenters. The smallest absolute Gasteiger partial charge is 0.00199 e. The molecule has 2 nitrogen and oxygen atoms in total. The van der Waals surface area contributed by atoms with Gasteiger partial charge in [0.1, 0.15) is 0 Å². The Balaban J connectivity index is 1.69. The Morgan fingerprint density at radius 3 is 2.17 bits per heavy atom. The minimum absolute atomic E-state index is 0.994. The van der Waals surface area contributed by atoms with Crippen LogP contribution in [0.1, 0.15) is 25.7 Å². The van der Waals surface area contributed by atoms with Gasteiger partial charge in [-0.1, -0.05) is 0 Å². The Hall–Kier alpha value is -0.0800. The molecular formula is C10H20N2. The van der Waals surface area contributed by atoms with Gasteiger partial charge in [0.25, 0.3) is 0 Å². The van der Waals surface area contributed by atoms with Crippen molar-refractivity contribution in [2.45, 2.75) is 25.7 Å². The fourth-order valence-electron chi connectivity index (χ4n) is 2.50. The summed E-state index contributed by atoms with van der Waals surface area (Å²) in [5.41, 5.74) is 0. The second-order valence-electron chi connectivity index (χ2n) is 4.29. The number of hydrogen-bond donors (Lipinski definition) is 2. The van der Waals surface area contributed by atoms with E-state index in [2.05, 4.69) is 10.6 Å². The molecule has 2 aliphatic heterocycles. The van der Waals surface area contributed by atoms with Crippen LogP contribution < -0.4 is 10.6 Å². The van der Waals surface area contributed by atoms with E-state index in [1.54, 1.807) is 0 Å². The zero-order valence-electron chi connectivity index (χ0n) is 7.81. The summed E-state index contributed by atoms with van der Waals surface area (Å²) < 4.78 is 0. The second kappa shape index (κ2) is 4.24. The predicted octanol–water partition coefficient (Wildman–Crippen LogP) is 0.986. The maximum atomic E-state index is 3.45. The predicted molar refractivity (Wildman–Crippen MR) is 51.2 cm³/mol. The molecule has 1 unspecified atom stereocenters. The molecule has 0 spiro atoms. The van der Waals surface area contributed by atoms with Crippen LogP contribution in [0, 0.1) is 11.8 Å². The summed E-state index contributed by atoms with van der Waals surface area (Å²) in [6.45, 7) is 5.05. The van der Waals surface area contributed by atoms with Gasteiger partial charge in [0.15, 0.2) is 0 Å². The number of rotatable bonds is 2. The largest absolute Gasteiger partial charge is 0.317 e. The number of hydrogen-bond acceptors (Lipinski definition) is 2. The molecule has 2 N–H and O–H groups in total. The average molecular weight is 168 g/mol. The maximum absolute atomic E-state index is 3.45. The zero-order chi connectivity index (χ0) is 8.23. The van der Waals surface area contributed by atoms with E-state index in [-0.39, 0.29) is 0 Å². The minimum Gasteiger partial charge on any atom is -0.317 e. The zero-order valence-corrected chi connectivity index (χ0v) is 7.81. The summed E-state index contributed by atoms with van der Waals surface area (Å²) in [4.78, 5) is 0. The lowest BCUT2D eigenvalue weighted by atomic mass is 9.87. The van der Waals surface area contributed by atoms with Crippen LogP contribution in [0.25, 0.3) is 0 Å². The number of nitrogens with one attached hydrogen (secondary N) is 2. The Kier molecular flexibility index (Phi) is 3.01. The Morgan fingerprint density at radius 2 is 1.50 bits per heavy atom. The molecule has 0 aromatic carbocycles. The first kappa shape index (κ1) is 8.52. The van der Waals surface area contributed by atoms with Crippen molar-refractivity contribution in [2.24, 2.45) is 11.8 Å². The van der Waals surface area contributed by atoms with Gasteiger partial charge in [-0.3, -0.25) is 0 Å². The highest BCUT2D eigenvalue weighted by molar-refractivity contribution is 4.77. The first-order valence-electron chi connectivity index (χ1n) is 5.36. The van der Waals surface area contributed by atoms with Gasteiger partial charge in [-0.15, -0.1) is 0 Å². The van der Waals surface area contributed by atoms with Crippen LogP contribution >= 0.6 is 0 Å². The molecule has 0 bridgehead atoms. The first-order chi connectivity index (χ1) is 5.95. The summed E-state index contributed by atoms with van der Waals surface area (Å²) in [5, 5.41) is 6.87. The normalized spacial score (nSPS) is 32.5. The van der Waals surface area contributed by atoms with Gasteiger partial charge in [-0.25, -0.2) is 0 Å². The molecule has 2 heterocycles. The molecule has 2 saturated heterocycles. The van der Waals surface area contributed by atoms with Gasteiger partial charge in [0.2, 0.25) is 0 Å². The van der Waals surface area contributed by atoms with Crippen molar-refractivity contribution in [1.29, 1.82) is 0 Å². The van der Waals surface area contributed by atoms with Gasteiger partial charge in [0, 0.05) is 0 Å². The lowest BCUT2D eigenvalue weighted by molar-refractivity contribution is 0.308. The van der Waals surface area contributed by atoms with Crippen LogP contribution in [-0.4, -0.2) is 26.2 Å². The van der Waals surface area contributed by atoms with Crippen molar-refractivity contribution in [3.05, 3.63) is 0 Å². The van der Waals surface area contributed by atoms with Gasteiger partial charge in [-0.05, 0) is 63.7 Å². The van der Waals surface area contributed by atoms with Crippen LogP contribution in [0.3, 0.4) is 0 Å². The molecule has 70 valence electrons. The van der Waals surface area contributed by atoms with Gasteiger partial charge < -0.3 is 10.6 Å². The standard InChI is InChI=1S/C10H20N2/c1-4-11-5-2-9(1)7-10-3-6-12-8-10/h9-12H,1-8H2. The topological polar surface area (TPSA) is 24.1 Å². The molecule has 2 heteroatoms. The van der Waals surface area contributed by atoms with E-state index in [4.69, 9.17) is 0 Å². The monoisotopic (exact) mass is 168 g/mol. The number of piperidine rings is 1. The molecule has 0 aromatic rings. The Labute approximate surface area is 75.1 Å². The minimum atomic E-state index is 0.994. The van der Waals surface area contributed by atoms with Crippen LogP contribution in [0.4, 0.5) is 0 Å². The quantitative estimate of drug-likeness (QED) is 0.642. The SMILES string of the molecule is C1CC(CC2CCNC2)CCN1. The lowest BCUT2D eigenvalue weighted by Crippen LogP contribution is -2.29.